The summed E-state index contributed by atoms with van der Waals surface area (Å²) in [7, 11) is 2.13. The van der Waals surface area contributed by atoms with E-state index in [0.717, 1.165) is 11.9 Å². The van der Waals surface area contributed by atoms with Crippen LogP contribution in [0.4, 0.5) is 5.69 Å². The van der Waals surface area contributed by atoms with E-state index in [2.05, 4.69) is 83.3 Å². The molecule has 94 valence electrons. The lowest BCUT2D eigenvalue weighted by Crippen LogP contribution is -2.16. The van der Waals surface area contributed by atoms with Crippen molar-refractivity contribution in [2.75, 3.05) is 11.9 Å². The molecule has 0 N–H and O–H groups in total. The fourth-order valence-electron chi connectivity index (χ4n) is 2.02. The van der Waals surface area contributed by atoms with Crippen molar-refractivity contribution in [2.45, 2.75) is 18.8 Å². The van der Waals surface area contributed by atoms with E-state index in [-0.39, 0.29) is 0 Å². The van der Waals surface area contributed by atoms with Gasteiger partial charge in [0.1, 0.15) is 0 Å². The van der Waals surface area contributed by atoms with Crippen molar-refractivity contribution in [3.8, 4) is 0 Å². The summed E-state index contributed by atoms with van der Waals surface area (Å²) >= 11 is 3.47. The lowest BCUT2D eigenvalue weighted by Gasteiger charge is -2.20. The minimum atomic E-state index is 0.912. The molecule has 18 heavy (non-hydrogen) atoms. The first-order valence-corrected chi connectivity index (χ1v) is 7.23. The molecule has 0 fully saturated rings. The molecule has 0 aliphatic rings. The van der Waals surface area contributed by atoms with Gasteiger partial charge < -0.3 is 4.90 Å². The molecule has 0 atom stereocenters. The number of benzene rings is 2. The van der Waals surface area contributed by atoms with Gasteiger partial charge in [0.15, 0.2) is 0 Å². The largest absolute Gasteiger partial charge is 0.370 e. The standard InChI is InChI=1S/C16H18BrN/c1-13-4-3-5-15(10-13)12-18(2)16-8-6-14(11-17)7-9-16/h3-10H,11-12H2,1-2H3. The summed E-state index contributed by atoms with van der Waals surface area (Å²) in [5.74, 6) is 0. The molecule has 0 radical (unpaired) electrons. The Bertz CT molecular complexity index is 505. The second-order valence-electron chi connectivity index (χ2n) is 4.65. The highest BCUT2D eigenvalue weighted by Crippen LogP contribution is 2.18. The lowest BCUT2D eigenvalue weighted by molar-refractivity contribution is 0.921. The molecular weight excluding hydrogens is 286 g/mol. The highest BCUT2D eigenvalue weighted by Gasteiger charge is 2.02. The van der Waals surface area contributed by atoms with Crippen LogP contribution in [0.1, 0.15) is 16.7 Å². The molecular formula is C16H18BrN. The first-order valence-electron chi connectivity index (χ1n) is 6.10. The third-order valence-corrected chi connectivity index (χ3v) is 3.68. The van der Waals surface area contributed by atoms with Crippen LogP contribution in [0.25, 0.3) is 0 Å². The normalized spacial score (nSPS) is 10.4. The Labute approximate surface area is 118 Å². The number of rotatable bonds is 4. The van der Waals surface area contributed by atoms with Crippen LogP contribution < -0.4 is 4.90 Å². The van der Waals surface area contributed by atoms with Gasteiger partial charge in [-0.3, -0.25) is 0 Å². The Kier molecular flexibility index (Phi) is 4.43. The maximum Gasteiger partial charge on any atom is 0.0426 e. The van der Waals surface area contributed by atoms with Gasteiger partial charge in [0.05, 0.1) is 0 Å². The summed E-state index contributed by atoms with van der Waals surface area (Å²) < 4.78 is 0. The van der Waals surface area contributed by atoms with Crippen molar-refractivity contribution in [2.24, 2.45) is 0 Å². The first kappa shape index (κ1) is 13.2. The monoisotopic (exact) mass is 303 g/mol. The van der Waals surface area contributed by atoms with Crippen LogP contribution >= 0.6 is 15.9 Å². The maximum absolute atomic E-state index is 3.47. The van der Waals surface area contributed by atoms with Crippen molar-refractivity contribution in [3.05, 3.63) is 65.2 Å². The molecule has 2 rings (SSSR count). The highest BCUT2D eigenvalue weighted by molar-refractivity contribution is 9.08. The average molecular weight is 304 g/mol. The number of hydrogen-bond donors (Lipinski definition) is 0. The smallest absolute Gasteiger partial charge is 0.0426 e. The second-order valence-corrected chi connectivity index (χ2v) is 5.21. The minimum Gasteiger partial charge on any atom is -0.370 e. The number of hydrogen-bond acceptors (Lipinski definition) is 1. The van der Waals surface area contributed by atoms with Crippen LogP contribution in [0.15, 0.2) is 48.5 Å². The van der Waals surface area contributed by atoms with Crippen LogP contribution in [-0.2, 0) is 11.9 Å². The van der Waals surface area contributed by atoms with E-state index in [1.54, 1.807) is 0 Å². The van der Waals surface area contributed by atoms with E-state index < -0.39 is 0 Å². The quantitative estimate of drug-likeness (QED) is 0.750. The molecule has 2 heteroatoms. The SMILES string of the molecule is Cc1cccc(CN(C)c2ccc(CBr)cc2)c1. The molecule has 0 unspecified atom stereocenters. The number of aryl methyl sites for hydroxylation is 1. The molecule has 2 aromatic rings. The molecule has 0 aromatic heterocycles. The van der Waals surface area contributed by atoms with E-state index in [1.165, 1.54) is 22.4 Å². The van der Waals surface area contributed by atoms with Crippen LogP contribution in [0, 0.1) is 6.92 Å². The molecule has 2 aromatic carbocycles. The van der Waals surface area contributed by atoms with Gasteiger partial charge in [-0.25, -0.2) is 0 Å². The van der Waals surface area contributed by atoms with Gasteiger partial charge in [-0.15, -0.1) is 0 Å². The fourth-order valence-corrected chi connectivity index (χ4v) is 2.39. The van der Waals surface area contributed by atoms with Gasteiger partial charge in [0.25, 0.3) is 0 Å². The Balaban J connectivity index is 2.09. The summed E-state index contributed by atoms with van der Waals surface area (Å²) in [6, 6.07) is 17.3. The van der Waals surface area contributed by atoms with Crippen LogP contribution in [0.5, 0.6) is 0 Å². The van der Waals surface area contributed by atoms with Crippen molar-refractivity contribution >= 4 is 21.6 Å². The van der Waals surface area contributed by atoms with E-state index >= 15 is 0 Å². The Morgan fingerprint density at radius 1 is 1.00 bits per heavy atom. The minimum absolute atomic E-state index is 0.912. The molecule has 0 saturated heterocycles. The summed E-state index contributed by atoms with van der Waals surface area (Å²) in [4.78, 5) is 2.27. The number of halogens is 1. The second kappa shape index (κ2) is 6.05. The Hall–Kier alpha value is -1.28. The van der Waals surface area contributed by atoms with Crippen molar-refractivity contribution in [3.63, 3.8) is 0 Å². The molecule has 0 heterocycles. The summed E-state index contributed by atoms with van der Waals surface area (Å²) in [6.07, 6.45) is 0. The summed E-state index contributed by atoms with van der Waals surface area (Å²) in [5.41, 5.74) is 5.22. The Morgan fingerprint density at radius 2 is 1.72 bits per heavy atom. The Morgan fingerprint density at radius 3 is 2.33 bits per heavy atom. The number of anilines is 1. The zero-order valence-corrected chi connectivity index (χ0v) is 12.4. The molecule has 0 aliphatic heterocycles. The third kappa shape index (κ3) is 3.36. The predicted molar refractivity (Wildman–Crippen MR) is 82.4 cm³/mol. The van der Waals surface area contributed by atoms with E-state index in [1.807, 2.05) is 0 Å². The lowest BCUT2D eigenvalue weighted by atomic mass is 10.1. The highest BCUT2D eigenvalue weighted by atomic mass is 79.9. The fraction of sp³-hybridized carbons (Fsp3) is 0.250. The van der Waals surface area contributed by atoms with Gasteiger partial charge in [-0.2, -0.15) is 0 Å². The van der Waals surface area contributed by atoms with Gasteiger partial charge in [0.2, 0.25) is 0 Å². The van der Waals surface area contributed by atoms with E-state index in [4.69, 9.17) is 0 Å². The van der Waals surface area contributed by atoms with Crippen molar-refractivity contribution in [1.29, 1.82) is 0 Å². The maximum atomic E-state index is 3.47. The molecule has 0 amide bonds. The topological polar surface area (TPSA) is 3.24 Å². The van der Waals surface area contributed by atoms with Gasteiger partial charge in [-0.1, -0.05) is 57.9 Å². The van der Waals surface area contributed by atoms with Crippen LogP contribution in [0.2, 0.25) is 0 Å². The predicted octanol–water partition coefficient (Wildman–Crippen LogP) is 4.53. The average Bonchev–Trinajstić information content (AvgIpc) is 2.39. The number of alkyl halides is 1. The van der Waals surface area contributed by atoms with Gasteiger partial charge in [0, 0.05) is 24.6 Å². The molecule has 0 aliphatic carbocycles. The summed E-state index contributed by atoms with van der Waals surface area (Å²) in [5, 5.41) is 0.912. The molecule has 0 saturated carbocycles. The molecule has 0 bridgehead atoms. The summed E-state index contributed by atoms with van der Waals surface area (Å²) in [6.45, 7) is 3.07. The zero-order valence-electron chi connectivity index (χ0n) is 10.9. The van der Waals surface area contributed by atoms with Crippen molar-refractivity contribution in [1.82, 2.24) is 0 Å². The molecule has 0 spiro atoms. The zero-order chi connectivity index (χ0) is 13.0. The van der Waals surface area contributed by atoms with E-state index in [0.29, 0.717) is 0 Å². The van der Waals surface area contributed by atoms with E-state index in [9.17, 15) is 0 Å². The van der Waals surface area contributed by atoms with Crippen LogP contribution in [-0.4, -0.2) is 7.05 Å². The molecule has 1 nitrogen and oxygen atoms in total. The van der Waals surface area contributed by atoms with Crippen molar-refractivity contribution < 1.29 is 0 Å². The number of nitrogens with zero attached hydrogens (tertiary/aromatic N) is 1. The van der Waals surface area contributed by atoms with Crippen LogP contribution in [0.3, 0.4) is 0 Å². The third-order valence-electron chi connectivity index (χ3n) is 3.03. The first-order chi connectivity index (χ1) is 8.69. The van der Waals surface area contributed by atoms with Gasteiger partial charge >= 0.3 is 0 Å². The van der Waals surface area contributed by atoms with Gasteiger partial charge in [-0.05, 0) is 30.2 Å².